The summed E-state index contributed by atoms with van der Waals surface area (Å²) >= 11 is 0. The third-order valence-corrected chi connectivity index (χ3v) is 3.69. The van der Waals surface area contributed by atoms with Crippen molar-refractivity contribution in [2.75, 3.05) is 0 Å². The van der Waals surface area contributed by atoms with E-state index in [1.165, 1.54) is 12.1 Å². The molecular weight excluding hydrogens is 305 g/mol. The Morgan fingerprint density at radius 3 is 2.35 bits per heavy atom. The van der Waals surface area contributed by atoms with E-state index in [1.807, 2.05) is 12.1 Å². The van der Waals surface area contributed by atoms with Crippen molar-refractivity contribution >= 4 is 16.8 Å². The Balaban J connectivity index is 1.97. The van der Waals surface area contributed by atoms with Crippen LogP contribution in [0.15, 0.2) is 54.7 Å². The first kappa shape index (κ1) is 15.1. The monoisotopic (exact) mass is 318 g/mol. The molecule has 3 nitrogen and oxygen atoms in total. The van der Waals surface area contributed by atoms with Crippen molar-refractivity contribution < 1.29 is 18.0 Å². The number of nitrogens with zero attached hydrogens (tertiary/aromatic N) is 1. The molecule has 0 unspecified atom stereocenters. The number of primary amides is 1. The summed E-state index contributed by atoms with van der Waals surface area (Å²) in [6.45, 7) is 0.353. The number of benzene rings is 2. The predicted molar refractivity (Wildman–Crippen MR) is 81.0 cm³/mol. The van der Waals surface area contributed by atoms with Gasteiger partial charge in [0.25, 0.3) is 5.91 Å². The van der Waals surface area contributed by atoms with Crippen LogP contribution in [0, 0.1) is 0 Å². The second-order valence-electron chi connectivity index (χ2n) is 5.25. The second-order valence-corrected chi connectivity index (χ2v) is 5.25. The van der Waals surface area contributed by atoms with Gasteiger partial charge in [-0.05, 0) is 29.8 Å². The number of nitrogens with two attached hydrogens (primary N) is 1. The highest BCUT2D eigenvalue weighted by atomic mass is 19.4. The summed E-state index contributed by atoms with van der Waals surface area (Å²) in [5.74, 6) is -0.539. The van der Waals surface area contributed by atoms with Crippen LogP contribution in [0.3, 0.4) is 0 Å². The SMILES string of the molecule is NC(=O)c1cccc2ccn(Cc3ccc(C(F)(F)F)cc3)c12. The summed E-state index contributed by atoms with van der Waals surface area (Å²) in [5, 5.41) is 0.855. The lowest BCUT2D eigenvalue weighted by atomic mass is 10.1. The molecule has 3 rings (SSSR count). The molecule has 6 heteroatoms. The van der Waals surface area contributed by atoms with E-state index in [-0.39, 0.29) is 0 Å². The van der Waals surface area contributed by atoms with Gasteiger partial charge in [-0.15, -0.1) is 0 Å². The third-order valence-electron chi connectivity index (χ3n) is 3.69. The van der Waals surface area contributed by atoms with Crippen LogP contribution in [0.2, 0.25) is 0 Å². The van der Waals surface area contributed by atoms with Gasteiger partial charge in [0, 0.05) is 18.1 Å². The number of halogens is 3. The minimum absolute atomic E-state index is 0.353. The van der Waals surface area contributed by atoms with Gasteiger partial charge in [-0.2, -0.15) is 13.2 Å². The average Bonchev–Trinajstić information content (AvgIpc) is 2.90. The molecule has 0 aliphatic heterocycles. The lowest BCUT2D eigenvalue weighted by molar-refractivity contribution is -0.137. The minimum atomic E-state index is -4.35. The normalized spacial score (nSPS) is 11.8. The largest absolute Gasteiger partial charge is 0.416 e. The maximum absolute atomic E-state index is 12.6. The van der Waals surface area contributed by atoms with E-state index in [9.17, 15) is 18.0 Å². The van der Waals surface area contributed by atoms with Gasteiger partial charge in [0.05, 0.1) is 16.6 Å². The smallest absolute Gasteiger partial charge is 0.366 e. The highest BCUT2D eigenvalue weighted by molar-refractivity contribution is 6.05. The van der Waals surface area contributed by atoms with E-state index in [1.54, 1.807) is 22.9 Å². The van der Waals surface area contributed by atoms with Crippen LogP contribution in [-0.2, 0) is 12.7 Å². The first-order chi connectivity index (χ1) is 10.9. The average molecular weight is 318 g/mol. The molecule has 0 aliphatic rings. The molecule has 0 radical (unpaired) electrons. The van der Waals surface area contributed by atoms with Crippen LogP contribution >= 0.6 is 0 Å². The van der Waals surface area contributed by atoms with E-state index in [0.29, 0.717) is 23.2 Å². The van der Waals surface area contributed by atoms with Crippen molar-refractivity contribution in [2.45, 2.75) is 12.7 Å². The molecule has 2 N–H and O–H groups in total. The number of alkyl halides is 3. The Bertz CT molecular complexity index is 864. The van der Waals surface area contributed by atoms with Gasteiger partial charge in [0.15, 0.2) is 0 Å². The fourth-order valence-electron chi connectivity index (χ4n) is 2.59. The Hall–Kier alpha value is -2.76. The zero-order chi connectivity index (χ0) is 16.6. The molecule has 1 aromatic heterocycles. The minimum Gasteiger partial charge on any atom is -0.366 e. The van der Waals surface area contributed by atoms with Crippen LogP contribution in [0.4, 0.5) is 13.2 Å². The van der Waals surface area contributed by atoms with Gasteiger partial charge < -0.3 is 10.3 Å². The Kier molecular flexibility index (Phi) is 3.60. The van der Waals surface area contributed by atoms with E-state index in [2.05, 4.69) is 0 Å². The highest BCUT2D eigenvalue weighted by Crippen LogP contribution is 2.29. The van der Waals surface area contributed by atoms with Gasteiger partial charge in [-0.25, -0.2) is 0 Å². The maximum atomic E-state index is 12.6. The molecule has 118 valence electrons. The van der Waals surface area contributed by atoms with Gasteiger partial charge in [0.1, 0.15) is 0 Å². The van der Waals surface area contributed by atoms with Crippen LogP contribution < -0.4 is 5.73 Å². The van der Waals surface area contributed by atoms with Crippen LogP contribution in [0.5, 0.6) is 0 Å². The molecule has 2 aromatic carbocycles. The molecule has 0 bridgehead atoms. The van der Waals surface area contributed by atoms with E-state index >= 15 is 0 Å². The molecule has 0 atom stereocenters. The van der Waals surface area contributed by atoms with E-state index in [4.69, 9.17) is 5.73 Å². The van der Waals surface area contributed by atoms with E-state index in [0.717, 1.165) is 17.5 Å². The molecule has 1 heterocycles. The fraction of sp³-hybridized carbons (Fsp3) is 0.118. The lowest BCUT2D eigenvalue weighted by Crippen LogP contribution is -2.13. The predicted octanol–water partition coefficient (Wildman–Crippen LogP) is 3.81. The molecule has 0 spiro atoms. The van der Waals surface area contributed by atoms with Gasteiger partial charge in [-0.1, -0.05) is 24.3 Å². The maximum Gasteiger partial charge on any atom is 0.416 e. The molecular formula is C17H13F3N2O. The van der Waals surface area contributed by atoms with Crippen molar-refractivity contribution in [3.8, 4) is 0 Å². The Morgan fingerprint density at radius 1 is 1.04 bits per heavy atom. The number of fused-ring (bicyclic) bond motifs is 1. The molecule has 0 aliphatic carbocycles. The number of aromatic nitrogens is 1. The highest BCUT2D eigenvalue weighted by Gasteiger charge is 2.29. The standard InChI is InChI=1S/C17H13F3N2O/c18-17(19,20)13-6-4-11(5-7-13)10-22-9-8-12-2-1-3-14(15(12)22)16(21)23/h1-9H,10H2,(H2,21,23). The number of hydrogen-bond acceptors (Lipinski definition) is 1. The van der Waals surface area contributed by atoms with Crippen LogP contribution in [0.25, 0.3) is 10.9 Å². The van der Waals surface area contributed by atoms with Crippen molar-refractivity contribution in [2.24, 2.45) is 5.73 Å². The third kappa shape index (κ3) is 2.92. The van der Waals surface area contributed by atoms with Gasteiger partial charge in [0.2, 0.25) is 0 Å². The quantitative estimate of drug-likeness (QED) is 0.784. The van der Waals surface area contributed by atoms with Crippen molar-refractivity contribution in [1.82, 2.24) is 4.57 Å². The summed E-state index contributed by atoms with van der Waals surface area (Å²) in [6, 6.07) is 12.0. The number of carbonyl (C=O) groups is 1. The molecule has 3 aromatic rings. The molecule has 0 fully saturated rings. The Labute approximate surface area is 130 Å². The summed E-state index contributed by atoms with van der Waals surface area (Å²) < 4.78 is 39.6. The summed E-state index contributed by atoms with van der Waals surface area (Å²) in [4.78, 5) is 11.6. The summed E-state index contributed by atoms with van der Waals surface area (Å²) in [6.07, 6.45) is -2.56. The zero-order valence-electron chi connectivity index (χ0n) is 12.0. The van der Waals surface area contributed by atoms with Gasteiger partial charge >= 0.3 is 6.18 Å². The number of hydrogen-bond donors (Lipinski definition) is 1. The van der Waals surface area contributed by atoms with Crippen molar-refractivity contribution in [3.05, 3.63) is 71.4 Å². The zero-order valence-corrected chi connectivity index (χ0v) is 12.0. The van der Waals surface area contributed by atoms with Crippen molar-refractivity contribution in [3.63, 3.8) is 0 Å². The number of para-hydroxylation sites is 1. The molecule has 23 heavy (non-hydrogen) atoms. The number of rotatable bonds is 3. The van der Waals surface area contributed by atoms with Crippen LogP contribution in [0.1, 0.15) is 21.5 Å². The molecule has 0 saturated heterocycles. The number of amides is 1. The van der Waals surface area contributed by atoms with Gasteiger partial charge in [-0.3, -0.25) is 4.79 Å². The lowest BCUT2D eigenvalue weighted by Gasteiger charge is -2.10. The Morgan fingerprint density at radius 2 is 1.74 bits per heavy atom. The summed E-state index contributed by atoms with van der Waals surface area (Å²) in [7, 11) is 0. The topological polar surface area (TPSA) is 48.0 Å². The first-order valence-corrected chi connectivity index (χ1v) is 6.90. The fourth-order valence-corrected chi connectivity index (χ4v) is 2.59. The van der Waals surface area contributed by atoms with Crippen molar-refractivity contribution in [1.29, 1.82) is 0 Å². The second kappa shape index (κ2) is 5.46. The number of carbonyl (C=O) groups excluding carboxylic acids is 1. The first-order valence-electron chi connectivity index (χ1n) is 6.90. The molecule has 0 saturated carbocycles. The van der Waals surface area contributed by atoms with Crippen LogP contribution in [-0.4, -0.2) is 10.5 Å². The molecule has 1 amide bonds. The summed E-state index contributed by atoms with van der Waals surface area (Å²) in [5.41, 5.74) is 6.48. The van der Waals surface area contributed by atoms with E-state index < -0.39 is 17.6 Å².